The van der Waals surface area contributed by atoms with Gasteiger partial charge in [-0.15, -0.1) is 0 Å². The quantitative estimate of drug-likeness (QED) is 0.865. The van der Waals surface area contributed by atoms with Gasteiger partial charge >= 0.3 is 5.97 Å². The van der Waals surface area contributed by atoms with Crippen molar-refractivity contribution in [3.63, 3.8) is 0 Å². The Bertz CT molecular complexity index is 603. The average Bonchev–Trinajstić information content (AvgIpc) is 2.82. The van der Waals surface area contributed by atoms with E-state index in [4.69, 9.17) is 5.11 Å². The molecule has 1 saturated heterocycles. The van der Waals surface area contributed by atoms with E-state index in [9.17, 15) is 14.4 Å². The smallest absolute Gasteiger partial charge is 0.335 e. The Hall–Kier alpha value is -1.89. The molecule has 1 aliphatic heterocycles. The maximum Gasteiger partial charge on any atom is 0.335 e. The molecule has 0 saturated carbocycles. The van der Waals surface area contributed by atoms with Crippen LogP contribution >= 0.6 is 15.9 Å². The molecule has 1 unspecified atom stereocenters. The summed E-state index contributed by atoms with van der Waals surface area (Å²) in [6.45, 7) is 2.85. The molecule has 112 valence electrons. The molecule has 7 heteroatoms. The Labute approximate surface area is 130 Å². The van der Waals surface area contributed by atoms with E-state index in [1.54, 1.807) is 11.0 Å². The molecule has 21 heavy (non-hydrogen) atoms. The Morgan fingerprint density at radius 2 is 2.19 bits per heavy atom. The number of hydrogen-bond donors (Lipinski definition) is 2. The van der Waals surface area contributed by atoms with Gasteiger partial charge in [0.25, 0.3) is 0 Å². The highest BCUT2D eigenvalue weighted by atomic mass is 79.9. The Kier molecular flexibility index (Phi) is 4.62. The lowest BCUT2D eigenvalue weighted by Crippen LogP contribution is -2.28. The standard InChI is InChI=1S/C14H15BrN2O4/c1-2-17-7-9(6-12(17)18)13(19)16-11-5-8(14(20)21)3-4-10(11)15/h3-5,9H,2,6-7H2,1H3,(H,16,19)(H,20,21). The minimum Gasteiger partial charge on any atom is -0.478 e. The van der Waals surface area contributed by atoms with Gasteiger partial charge in [-0.05, 0) is 41.1 Å². The number of aromatic carboxylic acids is 1. The van der Waals surface area contributed by atoms with Gasteiger partial charge in [0.1, 0.15) is 0 Å². The first-order valence-electron chi connectivity index (χ1n) is 6.53. The first-order chi connectivity index (χ1) is 9.92. The van der Waals surface area contributed by atoms with Gasteiger partial charge in [-0.2, -0.15) is 0 Å². The molecule has 0 aromatic heterocycles. The number of carboxylic acids is 1. The minimum absolute atomic E-state index is 0.0315. The van der Waals surface area contributed by atoms with E-state index in [2.05, 4.69) is 21.2 Å². The molecule has 0 spiro atoms. The Balaban J connectivity index is 2.11. The number of anilines is 1. The van der Waals surface area contributed by atoms with E-state index in [-0.39, 0.29) is 23.8 Å². The molecule has 1 aromatic rings. The number of hydrogen-bond acceptors (Lipinski definition) is 3. The van der Waals surface area contributed by atoms with E-state index in [1.165, 1.54) is 12.1 Å². The van der Waals surface area contributed by atoms with Gasteiger partial charge in [-0.1, -0.05) is 0 Å². The normalized spacial score (nSPS) is 17.9. The zero-order valence-electron chi connectivity index (χ0n) is 11.4. The van der Waals surface area contributed by atoms with Crippen LogP contribution in [0, 0.1) is 5.92 Å². The number of likely N-dealkylation sites (tertiary alicyclic amines) is 1. The fourth-order valence-electron chi connectivity index (χ4n) is 2.24. The van der Waals surface area contributed by atoms with Gasteiger partial charge < -0.3 is 15.3 Å². The number of rotatable bonds is 4. The summed E-state index contributed by atoms with van der Waals surface area (Å²) < 4.78 is 0.595. The average molecular weight is 355 g/mol. The zero-order valence-corrected chi connectivity index (χ0v) is 13.0. The molecule has 1 aliphatic rings. The summed E-state index contributed by atoms with van der Waals surface area (Å²) in [6.07, 6.45) is 0.190. The lowest BCUT2D eigenvalue weighted by Gasteiger charge is -2.14. The van der Waals surface area contributed by atoms with Crippen molar-refractivity contribution in [2.45, 2.75) is 13.3 Å². The fraction of sp³-hybridized carbons (Fsp3) is 0.357. The number of carbonyl (C=O) groups is 3. The maximum atomic E-state index is 12.2. The topological polar surface area (TPSA) is 86.7 Å². The summed E-state index contributed by atoms with van der Waals surface area (Å²) in [5.41, 5.74) is 0.480. The van der Waals surface area contributed by atoms with Gasteiger partial charge in [0.05, 0.1) is 17.2 Å². The number of halogens is 1. The molecular weight excluding hydrogens is 340 g/mol. The fourth-order valence-corrected chi connectivity index (χ4v) is 2.59. The van der Waals surface area contributed by atoms with Crippen LogP contribution in [0.1, 0.15) is 23.7 Å². The van der Waals surface area contributed by atoms with Crippen LogP contribution in [0.4, 0.5) is 5.69 Å². The van der Waals surface area contributed by atoms with E-state index >= 15 is 0 Å². The second-order valence-corrected chi connectivity index (χ2v) is 5.68. The molecule has 1 aromatic carbocycles. The van der Waals surface area contributed by atoms with Gasteiger partial charge in [0.15, 0.2) is 0 Å². The maximum absolute atomic E-state index is 12.2. The third-order valence-corrected chi connectivity index (χ3v) is 4.13. The second-order valence-electron chi connectivity index (χ2n) is 4.82. The lowest BCUT2D eigenvalue weighted by molar-refractivity contribution is -0.128. The SMILES string of the molecule is CCN1CC(C(=O)Nc2cc(C(=O)O)ccc2Br)CC1=O. The summed E-state index contributed by atoms with van der Waals surface area (Å²) in [5, 5.41) is 11.7. The largest absolute Gasteiger partial charge is 0.478 e. The molecule has 2 N–H and O–H groups in total. The van der Waals surface area contributed by atoms with E-state index < -0.39 is 11.9 Å². The number of amides is 2. The van der Waals surface area contributed by atoms with E-state index in [1.807, 2.05) is 6.92 Å². The highest BCUT2D eigenvalue weighted by Crippen LogP contribution is 2.26. The van der Waals surface area contributed by atoms with E-state index in [0.29, 0.717) is 23.2 Å². The van der Waals surface area contributed by atoms with Crippen LogP contribution < -0.4 is 5.32 Å². The first-order valence-corrected chi connectivity index (χ1v) is 7.33. The highest BCUT2D eigenvalue weighted by molar-refractivity contribution is 9.10. The van der Waals surface area contributed by atoms with Crippen LogP contribution in [-0.4, -0.2) is 40.9 Å². The second kappa shape index (κ2) is 6.26. The van der Waals surface area contributed by atoms with Crippen LogP contribution in [0.25, 0.3) is 0 Å². The molecule has 0 radical (unpaired) electrons. The van der Waals surface area contributed by atoms with Crippen molar-refractivity contribution in [3.8, 4) is 0 Å². The molecule has 6 nitrogen and oxygen atoms in total. The van der Waals surface area contributed by atoms with Crippen molar-refractivity contribution in [1.29, 1.82) is 0 Å². The number of carboxylic acid groups (broad SMARTS) is 1. The molecule has 1 heterocycles. The van der Waals surface area contributed by atoms with Gasteiger partial charge in [-0.3, -0.25) is 9.59 Å². The zero-order chi connectivity index (χ0) is 15.6. The first kappa shape index (κ1) is 15.5. The van der Waals surface area contributed by atoms with Gasteiger partial charge in [0.2, 0.25) is 11.8 Å². The van der Waals surface area contributed by atoms with Crippen LogP contribution in [0.3, 0.4) is 0 Å². The van der Waals surface area contributed by atoms with Gasteiger partial charge in [0, 0.05) is 24.0 Å². The van der Waals surface area contributed by atoms with Crippen molar-refractivity contribution in [3.05, 3.63) is 28.2 Å². The third kappa shape index (κ3) is 3.41. The minimum atomic E-state index is -1.06. The number of nitrogens with one attached hydrogen (secondary N) is 1. The molecule has 2 rings (SSSR count). The van der Waals surface area contributed by atoms with Gasteiger partial charge in [-0.25, -0.2) is 4.79 Å². The summed E-state index contributed by atoms with van der Waals surface area (Å²) in [6, 6.07) is 4.40. The number of benzene rings is 1. The molecule has 0 bridgehead atoms. The Morgan fingerprint density at radius 3 is 2.76 bits per heavy atom. The monoisotopic (exact) mass is 354 g/mol. The summed E-state index contributed by atoms with van der Waals surface area (Å²) >= 11 is 3.27. The molecule has 1 atom stereocenters. The van der Waals surface area contributed by atoms with Crippen molar-refractivity contribution in [2.24, 2.45) is 5.92 Å². The molecule has 1 fully saturated rings. The molecular formula is C14H15BrN2O4. The predicted molar refractivity (Wildman–Crippen MR) is 80.1 cm³/mol. The molecule has 0 aliphatic carbocycles. The van der Waals surface area contributed by atoms with E-state index in [0.717, 1.165) is 0 Å². The Morgan fingerprint density at radius 1 is 1.48 bits per heavy atom. The van der Waals surface area contributed by atoms with Crippen molar-refractivity contribution in [1.82, 2.24) is 4.90 Å². The lowest BCUT2D eigenvalue weighted by atomic mass is 10.1. The third-order valence-electron chi connectivity index (χ3n) is 3.44. The highest BCUT2D eigenvalue weighted by Gasteiger charge is 2.33. The molecule has 2 amide bonds. The summed E-state index contributed by atoms with van der Waals surface area (Å²) in [4.78, 5) is 36.4. The summed E-state index contributed by atoms with van der Waals surface area (Å²) in [5.74, 6) is -1.78. The van der Waals surface area contributed by atoms with Crippen molar-refractivity contribution in [2.75, 3.05) is 18.4 Å². The van der Waals surface area contributed by atoms with Crippen LogP contribution in [0.2, 0.25) is 0 Å². The van der Waals surface area contributed by atoms with Crippen LogP contribution in [-0.2, 0) is 9.59 Å². The van der Waals surface area contributed by atoms with Crippen molar-refractivity contribution < 1.29 is 19.5 Å². The predicted octanol–water partition coefficient (Wildman–Crippen LogP) is 1.95. The van der Waals surface area contributed by atoms with Crippen LogP contribution in [0.5, 0.6) is 0 Å². The van der Waals surface area contributed by atoms with Crippen LogP contribution in [0.15, 0.2) is 22.7 Å². The number of carbonyl (C=O) groups excluding carboxylic acids is 2. The number of nitrogens with zero attached hydrogens (tertiary/aromatic N) is 1. The summed E-state index contributed by atoms with van der Waals surface area (Å²) in [7, 11) is 0. The van der Waals surface area contributed by atoms with Crippen molar-refractivity contribution >= 4 is 39.4 Å².